The molecule has 2 N–H and O–H groups in total. The van der Waals surface area contributed by atoms with Gasteiger partial charge in [-0.25, -0.2) is 14.4 Å². The average molecular weight is 799 g/mol. The minimum atomic E-state index is -1.49. The fraction of sp³-hybridized carbons (Fsp3) is 0.275. The van der Waals surface area contributed by atoms with Crippen molar-refractivity contribution in [2.75, 3.05) is 7.11 Å². The lowest BCUT2D eigenvalue weighted by molar-refractivity contribution is -0.384. The first-order chi connectivity index (χ1) is 27.3. The Hall–Kier alpha value is -6.46. The van der Waals surface area contributed by atoms with E-state index in [-0.39, 0.29) is 36.8 Å². The molecule has 296 valence electrons. The van der Waals surface area contributed by atoms with Crippen molar-refractivity contribution in [3.05, 3.63) is 142 Å². The van der Waals surface area contributed by atoms with Gasteiger partial charge in [0, 0.05) is 24.0 Å². The number of hydrogen-bond donors (Lipinski definition) is 2. The zero-order chi connectivity index (χ0) is 40.7. The molecule has 0 spiro atoms. The second-order valence-corrected chi connectivity index (χ2v) is 15.3. The Labute approximate surface area is 330 Å². The maximum absolute atomic E-state index is 14.1. The first-order valence-electron chi connectivity index (χ1n) is 17.6. The summed E-state index contributed by atoms with van der Waals surface area (Å²) in [6.07, 6.45) is -2.00. The molecule has 57 heavy (non-hydrogen) atoms. The molecule has 3 amide bonds. The van der Waals surface area contributed by atoms with Crippen molar-refractivity contribution in [3.8, 4) is 5.75 Å². The van der Waals surface area contributed by atoms with Crippen LogP contribution in [0.5, 0.6) is 5.75 Å². The van der Waals surface area contributed by atoms with Crippen molar-refractivity contribution in [1.29, 1.82) is 0 Å². The van der Waals surface area contributed by atoms with Gasteiger partial charge in [0.25, 0.3) is 11.6 Å². The highest BCUT2D eigenvalue weighted by Crippen LogP contribution is 2.59. The summed E-state index contributed by atoms with van der Waals surface area (Å²) in [5.74, 6) is -2.01. The van der Waals surface area contributed by atoms with Gasteiger partial charge in [0.2, 0.25) is 11.0 Å². The Morgan fingerprint density at radius 3 is 1.95 bits per heavy atom. The van der Waals surface area contributed by atoms with Crippen LogP contribution in [-0.4, -0.2) is 68.9 Å². The quantitative estimate of drug-likeness (QED) is 0.0402. The van der Waals surface area contributed by atoms with Crippen LogP contribution in [0.1, 0.15) is 42.1 Å². The Morgan fingerprint density at radius 2 is 1.37 bits per heavy atom. The number of hydrogen-bond acceptors (Lipinski definition) is 13. The van der Waals surface area contributed by atoms with Crippen LogP contribution in [0.4, 0.5) is 15.3 Å². The monoisotopic (exact) mass is 798 g/mol. The standard InChI is InChI=1S/C40H38N4O12S/c1-39(2)33(36(47)53-22-25-10-6-4-7-11-25)43-35(46)32(40(43,52-3)57-39)42-34(45)31(41-37(48)54-23-27-14-18-29(19-15-27)44(50)51)28-16-20-30(21-17-28)56-38(49)55-24-26-12-8-5-9-13-26/h4-21,31-33H,22-24H2,1-3H3,(H,41,48)(H,42,45)/t31?,32-,33+,40?/m1/s1. The van der Waals surface area contributed by atoms with Gasteiger partial charge in [-0.1, -0.05) is 84.6 Å². The Morgan fingerprint density at radius 1 is 0.807 bits per heavy atom. The smallest absolute Gasteiger partial charge is 0.459 e. The van der Waals surface area contributed by atoms with Gasteiger partial charge in [-0.15, -0.1) is 0 Å². The fourth-order valence-corrected chi connectivity index (χ4v) is 8.13. The van der Waals surface area contributed by atoms with Crippen LogP contribution in [-0.2, 0) is 53.2 Å². The van der Waals surface area contributed by atoms with E-state index in [1.54, 1.807) is 50.2 Å². The number of β-lactam (4-membered cyclic amide) rings is 1. The van der Waals surface area contributed by atoms with E-state index in [9.17, 15) is 34.1 Å². The van der Waals surface area contributed by atoms with E-state index in [4.69, 9.17) is 23.7 Å². The SMILES string of the molecule is COC12SC(C)(C)[C@H](C(=O)OCc3ccccc3)N1C(=O)[C@H]2NC(=O)C(NC(=O)OCc1ccc([N+](=O)[O-])cc1)c1ccc(OC(=O)OCc2ccccc2)cc1. The van der Waals surface area contributed by atoms with Gasteiger partial charge in [0.15, 0.2) is 6.04 Å². The molecule has 0 aromatic heterocycles. The van der Waals surface area contributed by atoms with Crippen molar-refractivity contribution in [3.63, 3.8) is 0 Å². The number of nitrogens with zero attached hydrogens (tertiary/aromatic N) is 2. The number of carbonyl (C=O) groups excluding carboxylic acids is 5. The third kappa shape index (κ3) is 9.00. The maximum Gasteiger partial charge on any atom is 0.514 e. The molecule has 2 aliphatic heterocycles. The van der Waals surface area contributed by atoms with Crippen LogP contribution >= 0.6 is 11.8 Å². The average Bonchev–Trinajstić information content (AvgIpc) is 3.44. The third-order valence-electron chi connectivity index (χ3n) is 9.19. The number of fused-ring (bicyclic) bond motifs is 1. The van der Waals surface area contributed by atoms with Crippen LogP contribution in [0, 0.1) is 10.1 Å². The molecule has 0 bridgehead atoms. The summed E-state index contributed by atoms with van der Waals surface area (Å²) in [7, 11) is 1.36. The van der Waals surface area contributed by atoms with Crippen molar-refractivity contribution in [1.82, 2.24) is 15.5 Å². The summed E-state index contributed by atoms with van der Waals surface area (Å²) >= 11 is 1.17. The number of non-ortho nitro benzene ring substituents is 1. The van der Waals surface area contributed by atoms with E-state index in [2.05, 4.69) is 10.6 Å². The van der Waals surface area contributed by atoms with Gasteiger partial charge in [-0.3, -0.25) is 24.6 Å². The molecule has 0 radical (unpaired) electrons. The first-order valence-corrected chi connectivity index (χ1v) is 18.4. The number of alkyl carbamates (subject to hydrolysis) is 1. The molecule has 2 fully saturated rings. The second kappa shape index (κ2) is 17.1. The van der Waals surface area contributed by atoms with Crippen LogP contribution in [0.2, 0.25) is 0 Å². The highest BCUT2D eigenvalue weighted by atomic mass is 32.2. The zero-order valence-electron chi connectivity index (χ0n) is 30.9. The van der Waals surface area contributed by atoms with Crippen LogP contribution < -0.4 is 15.4 Å². The number of nitro groups is 1. The molecule has 6 rings (SSSR count). The van der Waals surface area contributed by atoms with Gasteiger partial charge in [0.1, 0.15) is 37.7 Å². The van der Waals surface area contributed by atoms with Crippen molar-refractivity contribution in [2.24, 2.45) is 0 Å². The van der Waals surface area contributed by atoms with Crippen molar-refractivity contribution in [2.45, 2.75) is 61.6 Å². The first kappa shape index (κ1) is 40.2. The maximum atomic E-state index is 14.1. The summed E-state index contributed by atoms with van der Waals surface area (Å²) in [4.78, 5) is 78.6. The summed E-state index contributed by atoms with van der Waals surface area (Å²) < 4.78 is 26.3. The predicted molar refractivity (Wildman–Crippen MR) is 203 cm³/mol. The van der Waals surface area contributed by atoms with E-state index >= 15 is 0 Å². The number of methoxy groups -OCH3 is 1. The third-order valence-corrected chi connectivity index (χ3v) is 10.8. The van der Waals surface area contributed by atoms with Gasteiger partial charge < -0.3 is 34.3 Å². The van der Waals surface area contributed by atoms with Gasteiger partial charge >= 0.3 is 18.2 Å². The van der Waals surface area contributed by atoms with Crippen LogP contribution in [0.15, 0.2) is 109 Å². The largest absolute Gasteiger partial charge is 0.514 e. The number of carbonyl (C=O) groups is 5. The second-order valence-electron chi connectivity index (χ2n) is 13.5. The number of benzene rings is 4. The molecule has 17 heteroatoms. The highest BCUT2D eigenvalue weighted by Gasteiger charge is 2.75. The number of rotatable bonds is 14. The summed E-state index contributed by atoms with van der Waals surface area (Å²) in [6.45, 7) is 3.22. The van der Waals surface area contributed by atoms with E-state index in [1.165, 1.54) is 72.3 Å². The van der Waals surface area contributed by atoms with Crippen LogP contribution in [0.3, 0.4) is 0 Å². The van der Waals surface area contributed by atoms with Crippen molar-refractivity contribution < 1.29 is 52.6 Å². The number of nitro benzene ring substituents is 1. The molecule has 2 aliphatic rings. The van der Waals surface area contributed by atoms with Gasteiger partial charge in [-0.05, 0) is 60.4 Å². The lowest BCUT2D eigenvalue weighted by atomic mass is 9.93. The minimum absolute atomic E-state index is 0.00849. The van der Waals surface area contributed by atoms with Crippen LogP contribution in [0.25, 0.3) is 0 Å². The lowest BCUT2D eigenvalue weighted by Crippen LogP contribution is -2.79. The molecule has 16 nitrogen and oxygen atoms in total. The number of ether oxygens (including phenoxy) is 5. The molecule has 0 aliphatic carbocycles. The topological polar surface area (TPSA) is 202 Å². The van der Waals surface area contributed by atoms with Gasteiger partial charge in [0.05, 0.1) is 4.92 Å². The van der Waals surface area contributed by atoms with E-state index in [0.717, 1.165) is 11.1 Å². The molecule has 0 saturated carbocycles. The summed E-state index contributed by atoms with van der Waals surface area (Å²) in [5, 5.41) is 14.7. The molecule has 4 aromatic rings. The number of amides is 3. The predicted octanol–water partition coefficient (Wildman–Crippen LogP) is 5.54. The highest BCUT2D eigenvalue weighted by molar-refractivity contribution is 8.02. The van der Waals surface area contributed by atoms with Crippen molar-refractivity contribution >= 4 is 47.5 Å². The molecule has 2 heterocycles. The number of esters is 1. The molecular weight excluding hydrogens is 761 g/mol. The van der Waals surface area contributed by atoms with E-state index in [1.807, 2.05) is 24.3 Å². The minimum Gasteiger partial charge on any atom is -0.459 e. The Kier molecular flexibility index (Phi) is 12.1. The normalized spacial score (nSPS) is 19.6. The fourth-order valence-electron chi connectivity index (χ4n) is 6.41. The number of thioether (sulfide) groups is 1. The Balaban J connectivity index is 1.17. The summed E-state index contributed by atoms with van der Waals surface area (Å²) in [6, 6.07) is 25.2. The molecule has 2 saturated heterocycles. The number of nitrogens with one attached hydrogen (secondary N) is 2. The molecule has 4 aromatic carbocycles. The zero-order valence-corrected chi connectivity index (χ0v) is 31.8. The molecular formula is C40H38N4O12S. The van der Waals surface area contributed by atoms with E-state index < -0.39 is 62.9 Å². The lowest BCUT2D eigenvalue weighted by Gasteiger charge is -2.52. The van der Waals surface area contributed by atoms with Gasteiger partial charge in [-0.2, -0.15) is 0 Å². The summed E-state index contributed by atoms with van der Waals surface area (Å²) in [5.41, 5.74) is 2.03. The van der Waals surface area contributed by atoms with E-state index in [0.29, 0.717) is 5.56 Å². The Bertz CT molecular complexity index is 2120. The molecule has 4 atom stereocenters. The molecule has 2 unspecified atom stereocenters.